The third-order valence-corrected chi connectivity index (χ3v) is 4.44. The molecule has 0 amide bonds. The van der Waals surface area contributed by atoms with Crippen molar-refractivity contribution < 1.29 is 5.11 Å². The number of hydrogen-bond acceptors (Lipinski definition) is 3. The zero-order valence-corrected chi connectivity index (χ0v) is 17.0. The summed E-state index contributed by atoms with van der Waals surface area (Å²) in [6.07, 6.45) is 2.03. The lowest BCUT2D eigenvalue weighted by atomic mass is 9.78. The Morgan fingerprint density at radius 2 is 1.52 bits per heavy atom. The molecular formula is C21H33N3O. The second kappa shape index (κ2) is 6.83. The molecule has 0 unspecified atom stereocenters. The molecule has 1 aromatic heterocycles. The van der Waals surface area contributed by atoms with Gasteiger partial charge < -0.3 is 10.0 Å². The van der Waals surface area contributed by atoms with Gasteiger partial charge in [0.15, 0.2) is 0 Å². The van der Waals surface area contributed by atoms with Gasteiger partial charge in [-0.15, -0.1) is 0 Å². The maximum Gasteiger partial charge on any atom is 0.123 e. The van der Waals surface area contributed by atoms with Crippen molar-refractivity contribution in [3.8, 4) is 17.0 Å². The van der Waals surface area contributed by atoms with Crippen LogP contribution in [0.2, 0.25) is 0 Å². The van der Waals surface area contributed by atoms with E-state index in [2.05, 4.69) is 78.7 Å². The molecule has 25 heavy (non-hydrogen) atoms. The number of aromatic hydroxyl groups is 1. The molecule has 0 radical (unpaired) electrons. The highest BCUT2D eigenvalue weighted by Gasteiger charge is 2.27. The second-order valence-electron chi connectivity index (χ2n) is 9.19. The lowest BCUT2D eigenvalue weighted by Crippen LogP contribution is -2.18. The second-order valence-corrected chi connectivity index (χ2v) is 9.19. The quantitative estimate of drug-likeness (QED) is 0.894. The summed E-state index contributed by atoms with van der Waals surface area (Å²) in [5, 5.41) is 15.6. The summed E-state index contributed by atoms with van der Waals surface area (Å²) in [7, 11) is 4.13. The van der Waals surface area contributed by atoms with E-state index in [-0.39, 0.29) is 10.8 Å². The van der Waals surface area contributed by atoms with Gasteiger partial charge in [0.2, 0.25) is 0 Å². The first-order chi connectivity index (χ1) is 11.4. The topological polar surface area (TPSA) is 41.3 Å². The van der Waals surface area contributed by atoms with Crippen molar-refractivity contribution in [1.29, 1.82) is 0 Å². The first-order valence-corrected chi connectivity index (χ1v) is 8.96. The minimum absolute atomic E-state index is 0.131. The number of rotatable bonds is 4. The zero-order chi connectivity index (χ0) is 19.0. The average molecular weight is 344 g/mol. The number of hydrogen-bond donors (Lipinski definition) is 1. The minimum Gasteiger partial charge on any atom is -0.507 e. The number of likely N-dealkylation sites (N-methyl/N-ethyl adjacent to an activating group) is 1. The van der Waals surface area contributed by atoms with Crippen LogP contribution in [0.3, 0.4) is 0 Å². The predicted octanol–water partition coefficient (Wildman–Crippen LogP) is 4.41. The fourth-order valence-corrected chi connectivity index (χ4v) is 2.87. The molecule has 2 aromatic rings. The van der Waals surface area contributed by atoms with Gasteiger partial charge in [0.1, 0.15) is 5.75 Å². The van der Waals surface area contributed by atoms with Crippen LogP contribution >= 0.6 is 0 Å². The van der Waals surface area contributed by atoms with Crippen LogP contribution in [0.4, 0.5) is 0 Å². The maximum atomic E-state index is 10.9. The largest absolute Gasteiger partial charge is 0.507 e. The Labute approximate surface area is 152 Å². The van der Waals surface area contributed by atoms with E-state index < -0.39 is 0 Å². The van der Waals surface area contributed by atoms with Gasteiger partial charge in [-0.1, -0.05) is 41.5 Å². The minimum atomic E-state index is -0.131. The maximum absolute atomic E-state index is 10.9. The molecule has 0 fully saturated rings. The molecule has 2 rings (SSSR count). The number of aromatic nitrogens is 2. The van der Waals surface area contributed by atoms with E-state index in [0.29, 0.717) is 5.75 Å². The van der Waals surface area contributed by atoms with Crippen LogP contribution in [0, 0.1) is 0 Å². The van der Waals surface area contributed by atoms with E-state index in [1.165, 1.54) is 0 Å². The molecule has 0 aliphatic rings. The van der Waals surface area contributed by atoms with E-state index in [1.807, 2.05) is 10.9 Å². The van der Waals surface area contributed by atoms with Gasteiger partial charge in [0, 0.05) is 29.4 Å². The Bertz CT molecular complexity index is 695. The summed E-state index contributed by atoms with van der Waals surface area (Å²) in [4.78, 5) is 2.15. The van der Waals surface area contributed by atoms with Crippen molar-refractivity contribution in [3.63, 3.8) is 0 Å². The monoisotopic (exact) mass is 343 g/mol. The third-order valence-electron chi connectivity index (χ3n) is 4.44. The first-order valence-electron chi connectivity index (χ1n) is 8.96. The molecule has 4 nitrogen and oxygen atoms in total. The molecule has 1 N–H and O–H groups in total. The number of phenolic OH excluding ortho intramolecular Hbond substituents is 1. The molecule has 0 spiro atoms. The highest BCUT2D eigenvalue weighted by Crippen LogP contribution is 2.41. The fraction of sp³-hybridized carbons (Fsp3) is 0.571. The molecule has 0 bridgehead atoms. The van der Waals surface area contributed by atoms with Crippen molar-refractivity contribution in [3.05, 3.63) is 35.5 Å². The van der Waals surface area contributed by atoms with Gasteiger partial charge >= 0.3 is 0 Å². The highest BCUT2D eigenvalue weighted by atomic mass is 16.3. The summed E-state index contributed by atoms with van der Waals surface area (Å²) < 4.78 is 1.98. The SMILES string of the molecule is CN(C)CCn1ccc(-c2cc(C(C)(C)C)c(O)c(C(C)(C)C)c2)n1. The van der Waals surface area contributed by atoms with Crippen LogP contribution < -0.4 is 0 Å². The van der Waals surface area contributed by atoms with Crippen molar-refractivity contribution in [2.75, 3.05) is 20.6 Å². The molecule has 0 saturated heterocycles. The van der Waals surface area contributed by atoms with E-state index >= 15 is 0 Å². The van der Waals surface area contributed by atoms with E-state index in [9.17, 15) is 5.11 Å². The third kappa shape index (κ3) is 4.63. The molecule has 0 aliphatic heterocycles. The van der Waals surface area contributed by atoms with Crippen LogP contribution in [0.15, 0.2) is 24.4 Å². The van der Waals surface area contributed by atoms with Crippen LogP contribution in [0.5, 0.6) is 5.75 Å². The molecular weight excluding hydrogens is 310 g/mol. The smallest absolute Gasteiger partial charge is 0.123 e. The predicted molar refractivity (Wildman–Crippen MR) is 105 cm³/mol. The Morgan fingerprint density at radius 3 is 1.96 bits per heavy atom. The van der Waals surface area contributed by atoms with Crippen LogP contribution in [-0.2, 0) is 17.4 Å². The van der Waals surface area contributed by atoms with Crippen molar-refractivity contribution in [2.24, 2.45) is 0 Å². The molecule has 0 aliphatic carbocycles. The Kier molecular flexibility index (Phi) is 5.33. The first kappa shape index (κ1) is 19.5. The molecule has 0 atom stereocenters. The van der Waals surface area contributed by atoms with Gasteiger partial charge in [-0.25, -0.2) is 0 Å². The van der Waals surface area contributed by atoms with E-state index in [4.69, 9.17) is 5.10 Å². The van der Waals surface area contributed by atoms with Crippen molar-refractivity contribution >= 4 is 0 Å². The van der Waals surface area contributed by atoms with E-state index in [1.54, 1.807) is 0 Å². The van der Waals surface area contributed by atoms with E-state index in [0.717, 1.165) is 35.5 Å². The van der Waals surface area contributed by atoms with Gasteiger partial charge in [0.25, 0.3) is 0 Å². The summed E-state index contributed by atoms with van der Waals surface area (Å²) in [5.41, 5.74) is 3.70. The zero-order valence-electron chi connectivity index (χ0n) is 17.0. The Balaban J connectivity index is 2.51. The lowest BCUT2D eigenvalue weighted by Gasteiger charge is -2.28. The Morgan fingerprint density at radius 1 is 1.00 bits per heavy atom. The van der Waals surface area contributed by atoms with Crippen LogP contribution in [-0.4, -0.2) is 40.4 Å². The Hall–Kier alpha value is -1.81. The standard InChI is InChI=1S/C21H33N3O/c1-20(2,3)16-13-15(14-17(19(16)25)21(4,5)6)18-9-10-24(22-18)12-11-23(7)8/h9-10,13-14,25H,11-12H2,1-8H3. The van der Waals surface area contributed by atoms with Gasteiger partial charge in [-0.3, -0.25) is 4.68 Å². The summed E-state index contributed by atoms with van der Waals surface area (Å²) >= 11 is 0. The number of nitrogens with zero attached hydrogens (tertiary/aromatic N) is 3. The number of benzene rings is 1. The summed E-state index contributed by atoms with van der Waals surface area (Å²) in [5.74, 6) is 0.413. The fourth-order valence-electron chi connectivity index (χ4n) is 2.87. The van der Waals surface area contributed by atoms with Gasteiger partial charge in [-0.05, 0) is 43.1 Å². The van der Waals surface area contributed by atoms with Crippen LogP contribution in [0.1, 0.15) is 52.7 Å². The van der Waals surface area contributed by atoms with Crippen molar-refractivity contribution in [1.82, 2.24) is 14.7 Å². The molecule has 1 aromatic carbocycles. The van der Waals surface area contributed by atoms with Crippen LogP contribution in [0.25, 0.3) is 11.3 Å². The molecule has 0 saturated carbocycles. The number of phenols is 1. The normalized spacial score (nSPS) is 12.8. The summed E-state index contributed by atoms with van der Waals surface area (Å²) in [6, 6.07) is 6.23. The molecule has 4 heteroatoms. The lowest BCUT2D eigenvalue weighted by molar-refractivity contribution is 0.373. The van der Waals surface area contributed by atoms with Gasteiger partial charge in [-0.2, -0.15) is 5.10 Å². The van der Waals surface area contributed by atoms with Crippen molar-refractivity contribution in [2.45, 2.75) is 58.9 Å². The summed E-state index contributed by atoms with van der Waals surface area (Å²) in [6.45, 7) is 14.6. The van der Waals surface area contributed by atoms with Gasteiger partial charge in [0.05, 0.1) is 12.2 Å². The molecule has 138 valence electrons. The molecule has 1 heterocycles. The highest BCUT2D eigenvalue weighted by molar-refractivity contribution is 5.66. The average Bonchev–Trinajstić information content (AvgIpc) is 2.91.